The Balaban J connectivity index is 4.28. The van der Waals surface area contributed by atoms with Crippen LogP contribution in [0.15, 0.2) is 24.3 Å². The SMILES string of the molecule is C=C(C)C(=C)C(C)(C)OCCC(C)(C)CCC(C)(C)P. The van der Waals surface area contributed by atoms with E-state index >= 15 is 0 Å². The molecule has 2 heteroatoms. The molecule has 0 bridgehead atoms. The van der Waals surface area contributed by atoms with Gasteiger partial charge < -0.3 is 4.74 Å². The molecule has 0 N–H and O–H groups in total. The zero-order valence-electron chi connectivity index (χ0n) is 14.7. The van der Waals surface area contributed by atoms with Crippen LogP contribution in [0.1, 0.15) is 67.7 Å². The van der Waals surface area contributed by atoms with Gasteiger partial charge in [0.2, 0.25) is 0 Å². The van der Waals surface area contributed by atoms with Gasteiger partial charge in [0.1, 0.15) is 0 Å². The van der Waals surface area contributed by atoms with Gasteiger partial charge >= 0.3 is 0 Å². The minimum atomic E-state index is -0.318. The molecule has 0 saturated heterocycles. The quantitative estimate of drug-likeness (QED) is 0.388. The van der Waals surface area contributed by atoms with Crippen molar-refractivity contribution < 1.29 is 4.74 Å². The molecule has 1 atom stereocenters. The molecule has 0 saturated carbocycles. The van der Waals surface area contributed by atoms with Crippen molar-refractivity contribution in [3.8, 4) is 0 Å². The molecule has 0 aliphatic heterocycles. The standard InChI is InChI=1S/C18H35OP/c1-14(2)15(3)18(8,9)19-13-12-16(4,5)10-11-17(6,7)20/h1,3,10-13,20H2,2,4-9H3. The van der Waals surface area contributed by atoms with Crippen LogP contribution >= 0.6 is 9.24 Å². The molecule has 0 aromatic carbocycles. The fourth-order valence-corrected chi connectivity index (χ4v) is 2.11. The van der Waals surface area contributed by atoms with E-state index in [1.807, 2.05) is 6.92 Å². The second kappa shape index (κ2) is 7.23. The third-order valence-corrected chi connectivity index (χ3v) is 4.22. The van der Waals surface area contributed by atoms with Gasteiger partial charge in [-0.3, -0.25) is 0 Å². The van der Waals surface area contributed by atoms with Gasteiger partial charge in [-0.1, -0.05) is 46.4 Å². The van der Waals surface area contributed by atoms with Crippen molar-refractivity contribution in [3.05, 3.63) is 24.3 Å². The predicted molar refractivity (Wildman–Crippen MR) is 95.4 cm³/mol. The summed E-state index contributed by atoms with van der Waals surface area (Å²) in [7, 11) is 2.93. The third-order valence-electron chi connectivity index (χ3n) is 3.93. The Morgan fingerprint density at radius 2 is 1.45 bits per heavy atom. The molecular formula is C18H35OP. The maximum absolute atomic E-state index is 6.05. The number of rotatable bonds is 9. The highest BCUT2D eigenvalue weighted by Gasteiger charge is 2.26. The summed E-state index contributed by atoms with van der Waals surface area (Å²) in [6.07, 6.45) is 3.50. The van der Waals surface area contributed by atoms with E-state index in [-0.39, 0.29) is 5.60 Å². The summed E-state index contributed by atoms with van der Waals surface area (Å²) in [6.45, 7) is 24.1. The average molecular weight is 298 g/mol. The van der Waals surface area contributed by atoms with Crippen molar-refractivity contribution >= 4 is 9.24 Å². The largest absolute Gasteiger partial charge is 0.371 e. The summed E-state index contributed by atoms with van der Waals surface area (Å²) in [5.41, 5.74) is 1.98. The van der Waals surface area contributed by atoms with Crippen LogP contribution in [0.3, 0.4) is 0 Å². The van der Waals surface area contributed by atoms with Crippen molar-refractivity contribution in [1.29, 1.82) is 0 Å². The molecule has 0 radical (unpaired) electrons. The Morgan fingerprint density at radius 1 is 0.950 bits per heavy atom. The van der Waals surface area contributed by atoms with Crippen molar-refractivity contribution in [2.75, 3.05) is 6.61 Å². The molecule has 0 aliphatic rings. The molecule has 1 unspecified atom stereocenters. The van der Waals surface area contributed by atoms with E-state index in [9.17, 15) is 0 Å². The third kappa shape index (κ3) is 8.22. The Morgan fingerprint density at radius 3 is 1.85 bits per heavy atom. The Bertz CT molecular complexity index is 345. The first-order valence-corrected chi connectivity index (χ1v) is 8.13. The molecule has 0 rings (SSSR count). The highest BCUT2D eigenvalue weighted by Crippen LogP contribution is 2.34. The van der Waals surface area contributed by atoms with E-state index in [1.165, 1.54) is 12.8 Å². The molecular weight excluding hydrogens is 263 g/mol. The van der Waals surface area contributed by atoms with Gasteiger partial charge in [0.05, 0.1) is 5.60 Å². The number of ether oxygens (including phenoxy) is 1. The van der Waals surface area contributed by atoms with Crippen LogP contribution in [0.2, 0.25) is 0 Å². The molecule has 0 amide bonds. The molecule has 0 aromatic rings. The summed E-state index contributed by atoms with van der Waals surface area (Å²) in [5.74, 6) is 0. The van der Waals surface area contributed by atoms with Crippen LogP contribution in [0.5, 0.6) is 0 Å². The van der Waals surface area contributed by atoms with Gasteiger partial charge in [0, 0.05) is 6.61 Å². The molecule has 1 nitrogen and oxygen atoms in total. The minimum Gasteiger partial charge on any atom is -0.371 e. The first kappa shape index (κ1) is 19.9. The lowest BCUT2D eigenvalue weighted by atomic mass is 9.82. The van der Waals surface area contributed by atoms with Gasteiger partial charge in [0.15, 0.2) is 0 Å². The van der Waals surface area contributed by atoms with Crippen molar-refractivity contribution in [2.45, 2.75) is 78.5 Å². The van der Waals surface area contributed by atoms with Crippen LogP contribution < -0.4 is 0 Å². The summed E-state index contributed by atoms with van der Waals surface area (Å²) >= 11 is 0. The van der Waals surface area contributed by atoms with E-state index < -0.39 is 0 Å². The van der Waals surface area contributed by atoms with Crippen LogP contribution in [0.25, 0.3) is 0 Å². The van der Waals surface area contributed by atoms with E-state index in [4.69, 9.17) is 4.74 Å². The highest BCUT2D eigenvalue weighted by atomic mass is 31.0. The summed E-state index contributed by atoms with van der Waals surface area (Å²) < 4.78 is 6.05. The molecule has 0 aromatic heterocycles. The Kier molecular flexibility index (Phi) is 7.18. The van der Waals surface area contributed by atoms with Gasteiger partial charge in [-0.2, -0.15) is 0 Å². The maximum atomic E-state index is 6.05. The lowest BCUT2D eigenvalue weighted by Crippen LogP contribution is -2.29. The van der Waals surface area contributed by atoms with Gasteiger partial charge in [-0.05, 0) is 56.2 Å². The molecule has 0 heterocycles. The van der Waals surface area contributed by atoms with E-state index in [1.54, 1.807) is 0 Å². The van der Waals surface area contributed by atoms with Crippen LogP contribution in [0, 0.1) is 5.41 Å². The lowest BCUT2D eigenvalue weighted by molar-refractivity contribution is -0.00251. The van der Waals surface area contributed by atoms with Crippen molar-refractivity contribution in [3.63, 3.8) is 0 Å². The summed E-state index contributed by atoms with van der Waals surface area (Å²) in [4.78, 5) is 0. The topological polar surface area (TPSA) is 9.23 Å². The normalized spacial score (nSPS) is 13.4. The van der Waals surface area contributed by atoms with E-state index in [0.717, 1.165) is 24.2 Å². The van der Waals surface area contributed by atoms with Gasteiger partial charge in [0.25, 0.3) is 0 Å². The monoisotopic (exact) mass is 298 g/mol. The summed E-state index contributed by atoms with van der Waals surface area (Å²) in [5, 5.41) is 0.325. The molecule has 0 fully saturated rings. The minimum absolute atomic E-state index is 0.314. The Labute approximate surface area is 129 Å². The predicted octanol–water partition coefficient (Wildman–Crippen LogP) is 5.76. The molecule has 20 heavy (non-hydrogen) atoms. The average Bonchev–Trinajstić information content (AvgIpc) is 2.24. The second-order valence-corrected chi connectivity index (χ2v) is 9.58. The first-order chi connectivity index (χ1) is 8.77. The fourth-order valence-electron chi connectivity index (χ4n) is 1.97. The Hall–Kier alpha value is -0.130. The molecule has 118 valence electrons. The lowest BCUT2D eigenvalue weighted by Gasteiger charge is -2.32. The molecule has 0 spiro atoms. The van der Waals surface area contributed by atoms with Crippen LogP contribution in [-0.2, 0) is 4.74 Å². The maximum Gasteiger partial charge on any atom is 0.0871 e. The summed E-state index contributed by atoms with van der Waals surface area (Å²) in [6, 6.07) is 0. The van der Waals surface area contributed by atoms with Crippen LogP contribution in [-0.4, -0.2) is 17.4 Å². The van der Waals surface area contributed by atoms with E-state index in [0.29, 0.717) is 10.6 Å². The fraction of sp³-hybridized carbons (Fsp3) is 0.778. The van der Waals surface area contributed by atoms with E-state index in [2.05, 4.69) is 63.9 Å². The van der Waals surface area contributed by atoms with Crippen molar-refractivity contribution in [2.24, 2.45) is 5.41 Å². The highest BCUT2D eigenvalue weighted by molar-refractivity contribution is 7.18. The van der Waals surface area contributed by atoms with Crippen molar-refractivity contribution in [1.82, 2.24) is 0 Å². The van der Waals surface area contributed by atoms with Gasteiger partial charge in [-0.15, -0.1) is 9.24 Å². The molecule has 0 aliphatic carbocycles. The zero-order chi connectivity index (χ0) is 16.2. The van der Waals surface area contributed by atoms with Gasteiger partial charge in [-0.25, -0.2) is 0 Å². The second-order valence-electron chi connectivity index (χ2n) is 8.02. The number of hydrogen-bond donors (Lipinski definition) is 0. The number of hydrogen-bond acceptors (Lipinski definition) is 1. The smallest absolute Gasteiger partial charge is 0.0871 e. The first-order valence-electron chi connectivity index (χ1n) is 7.55. The zero-order valence-corrected chi connectivity index (χ0v) is 15.9. The van der Waals surface area contributed by atoms with Crippen LogP contribution in [0.4, 0.5) is 0 Å².